The van der Waals surface area contributed by atoms with E-state index in [-0.39, 0.29) is 0 Å². The highest BCUT2D eigenvalue weighted by molar-refractivity contribution is 6.42. The van der Waals surface area contributed by atoms with Gasteiger partial charge in [0.2, 0.25) is 0 Å². The molecular formula is C20H22N2O2. The molecule has 1 aliphatic rings. The van der Waals surface area contributed by atoms with Crippen LogP contribution in [0.5, 0.6) is 0 Å². The molecule has 0 unspecified atom stereocenters. The van der Waals surface area contributed by atoms with Gasteiger partial charge in [-0.25, -0.2) is 0 Å². The summed E-state index contributed by atoms with van der Waals surface area (Å²) < 4.78 is 0. The third kappa shape index (κ3) is 4.95. The SMILES string of the molecule is c1ccc(CON=C2CCCCC2=NOCc2ccccc2)cc1. The Morgan fingerprint density at radius 3 is 1.46 bits per heavy atom. The van der Waals surface area contributed by atoms with Crippen molar-refractivity contribution in [2.75, 3.05) is 0 Å². The van der Waals surface area contributed by atoms with Gasteiger partial charge in [-0.05, 0) is 36.8 Å². The van der Waals surface area contributed by atoms with Gasteiger partial charge in [-0.15, -0.1) is 0 Å². The zero-order valence-corrected chi connectivity index (χ0v) is 13.7. The minimum atomic E-state index is 0.475. The lowest BCUT2D eigenvalue weighted by atomic mass is 9.97. The molecule has 24 heavy (non-hydrogen) atoms. The van der Waals surface area contributed by atoms with E-state index >= 15 is 0 Å². The molecule has 1 aliphatic carbocycles. The number of hydrogen-bond acceptors (Lipinski definition) is 4. The molecule has 1 fully saturated rings. The average molecular weight is 322 g/mol. The number of benzene rings is 2. The van der Waals surface area contributed by atoms with Gasteiger partial charge in [0.25, 0.3) is 0 Å². The molecule has 0 aromatic heterocycles. The van der Waals surface area contributed by atoms with Crippen molar-refractivity contribution in [1.29, 1.82) is 0 Å². The van der Waals surface area contributed by atoms with E-state index in [0.29, 0.717) is 13.2 Å². The van der Waals surface area contributed by atoms with Crippen molar-refractivity contribution in [3.05, 3.63) is 71.8 Å². The van der Waals surface area contributed by atoms with Crippen LogP contribution < -0.4 is 0 Å². The quantitative estimate of drug-likeness (QED) is 0.723. The highest BCUT2D eigenvalue weighted by atomic mass is 16.6. The van der Waals surface area contributed by atoms with E-state index in [2.05, 4.69) is 10.3 Å². The fourth-order valence-corrected chi connectivity index (χ4v) is 2.59. The van der Waals surface area contributed by atoms with Gasteiger partial charge >= 0.3 is 0 Å². The first-order chi connectivity index (χ1) is 11.9. The fraction of sp³-hybridized carbons (Fsp3) is 0.300. The van der Waals surface area contributed by atoms with Crippen molar-refractivity contribution >= 4 is 11.4 Å². The molecule has 0 aliphatic heterocycles. The number of nitrogens with zero attached hydrogens (tertiary/aromatic N) is 2. The normalized spacial score (nSPS) is 17.8. The molecule has 0 bridgehead atoms. The first-order valence-electron chi connectivity index (χ1n) is 8.38. The summed E-state index contributed by atoms with van der Waals surface area (Å²) in [7, 11) is 0. The van der Waals surface area contributed by atoms with Gasteiger partial charge in [-0.2, -0.15) is 0 Å². The third-order valence-corrected chi connectivity index (χ3v) is 3.91. The second-order valence-corrected chi connectivity index (χ2v) is 5.80. The summed E-state index contributed by atoms with van der Waals surface area (Å²) in [5.74, 6) is 0. The van der Waals surface area contributed by atoms with Crippen molar-refractivity contribution < 1.29 is 9.68 Å². The second kappa shape index (κ2) is 8.87. The first-order valence-corrected chi connectivity index (χ1v) is 8.38. The zero-order valence-electron chi connectivity index (χ0n) is 13.7. The molecule has 0 amide bonds. The number of oxime groups is 2. The van der Waals surface area contributed by atoms with Crippen molar-refractivity contribution in [1.82, 2.24) is 0 Å². The summed E-state index contributed by atoms with van der Waals surface area (Å²) in [6.07, 6.45) is 4.01. The molecule has 124 valence electrons. The smallest absolute Gasteiger partial charge is 0.142 e. The standard InChI is InChI=1S/C20H22N2O2/c1-3-9-17(10-4-1)15-23-21-19-13-7-8-14-20(19)22-24-16-18-11-5-2-6-12-18/h1-6,9-12H,7-8,13-16H2. The third-order valence-electron chi connectivity index (χ3n) is 3.91. The Labute approximate surface area is 142 Å². The van der Waals surface area contributed by atoms with Crippen LogP contribution in [0.4, 0.5) is 0 Å². The summed E-state index contributed by atoms with van der Waals surface area (Å²) >= 11 is 0. The lowest BCUT2D eigenvalue weighted by molar-refractivity contribution is 0.126. The van der Waals surface area contributed by atoms with Crippen LogP contribution in [0.2, 0.25) is 0 Å². The van der Waals surface area contributed by atoms with Crippen LogP contribution in [0.3, 0.4) is 0 Å². The number of hydrogen-bond donors (Lipinski definition) is 0. The Kier molecular flexibility index (Phi) is 6.00. The van der Waals surface area contributed by atoms with E-state index in [9.17, 15) is 0 Å². The lowest BCUT2D eigenvalue weighted by Crippen LogP contribution is -2.20. The van der Waals surface area contributed by atoms with Crippen LogP contribution in [0.15, 0.2) is 71.0 Å². The van der Waals surface area contributed by atoms with Gasteiger partial charge in [0, 0.05) is 0 Å². The van der Waals surface area contributed by atoms with E-state index in [4.69, 9.17) is 9.68 Å². The van der Waals surface area contributed by atoms with Crippen molar-refractivity contribution in [2.45, 2.75) is 38.9 Å². The van der Waals surface area contributed by atoms with E-state index < -0.39 is 0 Å². The van der Waals surface area contributed by atoms with Gasteiger partial charge in [0.05, 0.1) is 0 Å². The highest BCUT2D eigenvalue weighted by Crippen LogP contribution is 2.15. The predicted molar refractivity (Wildman–Crippen MR) is 95.8 cm³/mol. The average Bonchev–Trinajstić information content (AvgIpc) is 2.65. The first kappa shape index (κ1) is 16.2. The van der Waals surface area contributed by atoms with Crippen LogP contribution in [-0.4, -0.2) is 11.4 Å². The summed E-state index contributed by atoms with van der Waals surface area (Å²) in [6, 6.07) is 20.1. The molecule has 0 radical (unpaired) electrons. The van der Waals surface area contributed by atoms with Crippen LogP contribution in [0.25, 0.3) is 0 Å². The van der Waals surface area contributed by atoms with Crippen molar-refractivity contribution in [3.63, 3.8) is 0 Å². The Balaban J connectivity index is 1.56. The van der Waals surface area contributed by atoms with Crippen LogP contribution in [0, 0.1) is 0 Å². The molecular weight excluding hydrogens is 300 g/mol. The molecule has 0 atom stereocenters. The minimum absolute atomic E-state index is 0.475. The van der Waals surface area contributed by atoms with E-state index in [1.165, 1.54) is 0 Å². The topological polar surface area (TPSA) is 43.2 Å². The highest BCUT2D eigenvalue weighted by Gasteiger charge is 2.16. The van der Waals surface area contributed by atoms with Crippen molar-refractivity contribution in [2.24, 2.45) is 10.3 Å². The summed E-state index contributed by atoms with van der Waals surface area (Å²) in [4.78, 5) is 11.0. The van der Waals surface area contributed by atoms with E-state index in [1.54, 1.807) is 0 Å². The van der Waals surface area contributed by atoms with Gasteiger partial charge in [-0.1, -0.05) is 71.0 Å². The minimum Gasteiger partial charge on any atom is -0.391 e. The fourth-order valence-electron chi connectivity index (χ4n) is 2.59. The molecule has 2 aromatic rings. The van der Waals surface area contributed by atoms with Gasteiger partial charge in [-0.3, -0.25) is 0 Å². The Morgan fingerprint density at radius 2 is 1.04 bits per heavy atom. The summed E-state index contributed by atoms with van der Waals surface area (Å²) in [5, 5.41) is 8.58. The lowest BCUT2D eigenvalue weighted by Gasteiger charge is -2.14. The maximum Gasteiger partial charge on any atom is 0.142 e. The molecule has 1 saturated carbocycles. The predicted octanol–water partition coefficient (Wildman–Crippen LogP) is 4.71. The van der Waals surface area contributed by atoms with Crippen LogP contribution in [-0.2, 0) is 22.9 Å². The maximum atomic E-state index is 5.51. The van der Waals surface area contributed by atoms with E-state index in [1.807, 2.05) is 60.7 Å². The summed E-state index contributed by atoms with van der Waals surface area (Å²) in [5.41, 5.74) is 4.03. The molecule has 0 spiro atoms. The molecule has 0 heterocycles. The molecule has 2 aromatic carbocycles. The molecule has 4 nitrogen and oxygen atoms in total. The Morgan fingerprint density at radius 1 is 0.625 bits per heavy atom. The van der Waals surface area contributed by atoms with Gasteiger partial charge in [0.15, 0.2) is 0 Å². The molecule has 0 N–H and O–H groups in total. The Bertz CT molecular complexity index is 620. The monoisotopic (exact) mass is 322 g/mol. The maximum absolute atomic E-state index is 5.51. The Hall–Kier alpha value is -2.62. The summed E-state index contributed by atoms with van der Waals surface area (Å²) in [6.45, 7) is 0.949. The van der Waals surface area contributed by atoms with Gasteiger partial charge in [0.1, 0.15) is 24.6 Å². The zero-order chi connectivity index (χ0) is 16.5. The second-order valence-electron chi connectivity index (χ2n) is 5.80. The number of rotatable bonds is 6. The molecule has 3 rings (SSSR count). The van der Waals surface area contributed by atoms with Crippen LogP contribution >= 0.6 is 0 Å². The molecule has 4 heteroatoms. The van der Waals surface area contributed by atoms with E-state index in [0.717, 1.165) is 48.2 Å². The van der Waals surface area contributed by atoms with Crippen molar-refractivity contribution in [3.8, 4) is 0 Å². The largest absolute Gasteiger partial charge is 0.391 e. The van der Waals surface area contributed by atoms with Gasteiger partial charge < -0.3 is 9.68 Å². The molecule has 0 saturated heterocycles. The van der Waals surface area contributed by atoms with Crippen LogP contribution in [0.1, 0.15) is 36.8 Å².